The second kappa shape index (κ2) is 6.55. The van der Waals surface area contributed by atoms with Crippen LogP contribution >= 0.6 is 0 Å². The van der Waals surface area contributed by atoms with Crippen LogP contribution in [0.5, 0.6) is 0 Å². The van der Waals surface area contributed by atoms with Crippen LogP contribution < -0.4 is 5.32 Å². The topological polar surface area (TPSA) is 49.4 Å². The molecule has 1 aliphatic heterocycles. The molecule has 0 radical (unpaired) electrons. The Morgan fingerprint density at radius 3 is 2.42 bits per heavy atom. The Morgan fingerprint density at radius 2 is 1.95 bits per heavy atom. The fourth-order valence-electron chi connectivity index (χ4n) is 2.81. The highest BCUT2D eigenvalue weighted by molar-refractivity contribution is 7.90. The predicted molar refractivity (Wildman–Crippen MR) is 81.2 cm³/mol. The molecule has 2 unspecified atom stereocenters. The highest BCUT2D eigenvalue weighted by Gasteiger charge is 2.35. The van der Waals surface area contributed by atoms with Gasteiger partial charge in [-0.15, -0.1) is 0 Å². The van der Waals surface area contributed by atoms with E-state index in [9.17, 15) is 8.42 Å². The highest BCUT2D eigenvalue weighted by Crippen LogP contribution is 2.27. The molecule has 0 aromatic rings. The van der Waals surface area contributed by atoms with Crippen molar-refractivity contribution in [3.8, 4) is 0 Å². The summed E-state index contributed by atoms with van der Waals surface area (Å²) >= 11 is 0. The Balaban J connectivity index is 2.71. The van der Waals surface area contributed by atoms with Crippen LogP contribution in [0.3, 0.4) is 0 Å². The number of hydrogen-bond donors (Lipinski definition) is 1. The van der Waals surface area contributed by atoms with Gasteiger partial charge in [-0.25, -0.2) is 8.42 Å². The highest BCUT2D eigenvalue weighted by atomic mass is 32.2. The van der Waals surface area contributed by atoms with Gasteiger partial charge in [0, 0.05) is 38.0 Å². The van der Waals surface area contributed by atoms with E-state index in [1.54, 1.807) is 0 Å². The molecule has 0 aliphatic carbocycles. The standard InChI is InChI=1S/C14H30N2O2S/c1-6-7-12-11-16(8-9-19(5,17)18)13(10-15-12)14(2,3)4/h12-13,15H,6-11H2,1-5H3. The maximum atomic E-state index is 11.4. The van der Waals surface area contributed by atoms with Crippen molar-refractivity contribution in [1.29, 1.82) is 0 Å². The SMILES string of the molecule is CCCC1CN(CCS(C)(=O)=O)C(C(C)(C)C)CN1. The maximum Gasteiger partial charge on any atom is 0.148 e. The van der Waals surface area contributed by atoms with Gasteiger partial charge in [-0.2, -0.15) is 0 Å². The second-order valence-electron chi connectivity index (χ2n) is 6.90. The van der Waals surface area contributed by atoms with Gasteiger partial charge < -0.3 is 5.32 Å². The van der Waals surface area contributed by atoms with E-state index >= 15 is 0 Å². The molecule has 2 atom stereocenters. The molecule has 1 N–H and O–H groups in total. The molecule has 19 heavy (non-hydrogen) atoms. The average molecular weight is 290 g/mol. The summed E-state index contributed by atoms with van der Waals surface area (Å²) in [4.78, 5) is 2.37. The number of nitrogens with zero attached hydrogens (tertiary/aromatic N) is 1. The molecule has 0 bridgehead atoms. The lowest BCUT2D eigenvalue weighted by Crippen LogP contribution is -2.61. The fraction of sp³-hybridized carbons (Fsp3) is 1.00. The van der Waals surface area contributed by atoms with Crippen molar-refractivity contribution in [2.24, 2.45) is 5.41 Å². The smallest absolute Gasteiger partial charge is 0.148 e. The minimum atomic E-state index is -2.88. The van der Waals surface area contributed by atoms with Gasteiger partial charge in [0.2, 0.25) is 0 Å². The number of rotatable bonds is 5. The lowest BCUT2D eigenvalue weighted by molar-refractivity contribution is 0.0591. The summed E-state index contributed by atoms with van der Waals surface area (Å²) < 4.78 is 22.8. The molecule has 5 heteroatoms. The first-order valence-corrected chi connectivity index (χ1v) is 9.34. The fourth-order valence-corrected chi connectivity index (χ4v) is 3.37. The van der Waals surface area contributed by atoms with Gasteiger partial charge in [0.1, 0.15) is 9.84 Å². The van der Waals surface area contributed by atoms with Gasteiger partial charge in [0.25, 0.3) is 0 Å². The molecule has 0 saturated carbocycles. The Labute approximate surface area is 118 Å². The molecule has 0 spiro atoms. The Bertz CT molecular complexity index is 373. The largest absolute Gasteiger partial charge is 0.311 e. The second-order valence-corrected chi connectivity index (χ2v) is 9.16. The molecule has 0 aromatic heterocycles. The van der Waals surface area contributed by atoms with Crippen LogP contribution in [0.1, 0.15) is 40.5 Å². The van der Waals surface area contributed by atoms with E-state index in [1.807, 2.05) is 0 Å². The van der Waals surface area contributed by atoms with Gasteiger partial charge >= 0.3 is 0 Å². The van der Waals surface area contributed by atoms with E-state index in [2.05, 4.69) is 37.9 Å². The lowest BCUT2D eigenvalue weighted by Gasteiger charge is -2.46. The van der Waals surface area contributed by atoms with Crippen LogP contribution in [0.2, 0.25) is 0 Å². The van der Waals surface area contributed by atoms with Crippen LogP contribution in [0.15, 0.2) is 0 Å². The van der Waals surface area contributed by atoms with Crippen LogP contribution in [-0.4, -0.2) is 57.0 Å². The summed E-state index contributed by atoms with van der Waals surface area (Å²) in [7, 11) is -2.88. The zero-order valence-corrected chi connectivity index (χ0v) is 13.9. The minimum absolute atomic E-state index is 0.168. The summed E-state index contributed by atoms with van der Waals surface area (Å²) in [5.41, 5.74) is 0.168. The van der Waals surface area contributed by atoms with Crippen molar-refractivity contribution in [3.63, 3.8) is 0 Å². The zero-order valence-electron chi connectivity index (χ0n) is 13.1. The minimum Gasteiger partial charge on any atom is -0.311 e. The third-order valence-electron chi connectivity index (χ3n) is 3.88. The van der Waals surface area contributed by atoms with Crippen LogP contribution in [0.4, 0.5) is 0 Å². The monoisotopic (exact) mass is 290 g/mol. The van der Waals surface area contributed by atoms with Gasteiger partial charge in [-0.3, -0.25) is 4.90 Å². The summed E-state index contributed by atoms with van der Waals surface area (Å²) in [6.07, 6.45) is 3.65. The molecule has 1 heterocycles. The summed E-state index contributed by atoms with van der Waals surface area (Å²) in [6.45, 7) is 11.5. The number of nitrogens with one attached hydrogen (secondary N) is 1. The molecular weight excluding hydrogens is 260 g/mol. The lowest BCUT2D eigenvalue weighted by atomic mass is 9.83. The molecule has 0 aromatic carbocycles. The number of piperazine rings is 1. The van der Waals surface area contributed by atoms with Crippen molar-refractivity contribution < 1.29 is 8.42 Å². The summed E-state index contributed by atoms with van der Waals surface area (Å²) in [5, 5.41) is 3.61. The van der Waals surface area contributed by atoms with Crippen molar-refractivity contribution in [2.45, 2.75) is 52.6 Å². The van der Waals surface area contributed by atoms with E-state index < -0.39 is 9.84 Å². The molecule has 4 nitrogen and oxygen atoms in total. The first-order valence-electron chi connectivity index (χ1n) is 7.28. The molecule has 1 aliphatic rings. The normalized spacial score (nSPS) is 26.6. The molecule has 1 saturated heterocycles. The van der Waals surface area contributed by atoms with Crippen molar-refractivity contribution in [3.05, 3.63) is 0 Å². The number of hydrogen-bond acceptors (Lipinski definition) is 4. The Morgan fingerprint density at radius 1 is 1.32 bits per heavy atom. The van der Waals surface area contributed by atoms with Gasteiger partial charge in [-0.1, -0.05) is 34.1 Å². The summed E-state index contributed by atoms with van der Waals surface area (Å²) in [6, 6.07) is 0.908. The van der Waals surface area contributed by atoms with E-state index in [-0.39, 0.29) is 11.2 Å². The third-order valence-corrected chi connectivity index (χ3v) is 4.81. The van der Waals surface area contributed by atoms with Gasteiger partial charge in [-0.05, 0) is 11.8 Å². The van der Waals surface area contributed by atoms with E-state index in [0.717, 1.165) is 25.9 Å². The molecule has 1 fully saturated rings. The number of sulfone groups is 1. The maximum absolute atomic E-state index is 11.4. The predicted octanol–water partition coefficient (Wildman–Crippen LogP) is 1.52. The van der Waals surface area contributed by atoms with Crippen molar-refractivity contribution >= 4 is 9.84 Å². The van der Waals surface area contributed by atoms with E-state index in [1.165, 1.54) is 6.26 Å². The zero-order chi connectivity index (χ0) is 14.7. The average Bonchev–Trinajstić information content (AvgIpc) is 2.24. The van der Waals surface area contributed by atoms with E-state index in [4.69, 9.17) is 0 Å². The van der Waals surface area contributed by atoms with Crippen molar-refractivity contribution in [2.75, 3.05) is 31.6 Å². The van der Waals surface area contributed by atoms with Crippen molar-refractivity contribution in [1.82, 2.24) is 10.2 Å². The Hall–Kier alpha value is -0.130. The summed E-state index contributed by atoms with van der Waals surface area (Å²) in [5.74, 6) is 0.262. The molecular formula is C14H30N2O2S. The van der Waals surface area contributed by atoms with Gasteiger partial charge in [0.05, 0.1) is 5.75 Å². The molecule has 114 valence electrons. The van der Waals surface area contributed by atoms with Crippen LogP contribution in [-0.2, 0) is 9.84 Å². The van der Waals surface area contributed by atoms with Crippen LogP contribution in [0, 0.1) is 5.41 Å². The molecule has 0 amide bonds. The third kappa shape index (κ3) is 5.79. The first-order chi connectivity index (χ1) is 8.63. The quantitative estimate of drug-likeness (QED) is 0.834. The molecule has 1 rings (SSSR count). The first kappa shape index (κ1) is 16.9. The van der Waals surface area contributed by atoms with E-state index in [0.29, 0.717) is 18.6 Å². The Kier molecular flexibility index (Phi) is 5.83. The van der Waals surface area contributed by atoms with Gasteiger partial charge in [0.15, 0.2) is 0 Å². The van der Waals surface area contributed by atoms with Crippen LogP contribution in [0.25, 0.3) is 0 Å².